The van der Waals surface area contributed by atoms with Gasteiger partial charge in [0.05, 0.1) is 13.7 Å². The van der Waals surface area contributed by atoms with E-state index in [1.165, 1.54) is 0 Å². The van der Waals surface area contributed by atoms with E-state index in [2.05, 4.69) is 6.07 Å². The number of hydrogen-bond acceptors (Lipinski definition) is 4. The SMILES string of the molecule is CCOC(=O)[C@@H]1C(=O)C=C(c2cccc(C)c2)C[C@@H]1c1ccccc1OC. The third-order valence-corrected chi connectivity index (χ3v) is 4.93. The van der Waals surface area contributed by atoms with Gasteiger partial charge in [-0.1, -0.05) is 48.0 Å². The van der Waals surface area contributed by atoms with Crippen LogP contribution in [0.5, 0.6) is 5.75 Å². The minimum Gasteiger partial charge on any atom is -0.496 e. The summed E-state index contributed by atoms with van der Waals surface area (Å²) in [6.45, 7) is 4.01. The van der Waals surface area contributed by atoms with Crippen molar-refractivity contribution in [1.82, 2.24) is 0 Å². The molecule has 0 spiro atoms. The Morgan fingerprint density at radius 1 is 1.15 bits per heavy atom. The van der Waals surface area contributed by atoms with Gasteiger partial charge >= 0.3 is 5.97 Å². The van der Waals surface area contributed by atoms with Crippen molar-refractivity contribution < 1.29 is 19.1 Å². The first-order valence-corrected chi connectivity index (χ1v) is 9.16. The highest BCUT2D eigenvalue weighted by Gasteiger charge is 2.40. The summed E-state index contributed by atoms with van der Waals surface area (Å²) >= 11 is 0. The van der Waals surface area contributed by atoms with Gasteiger partial charge < -0.3 is 9.47 Å². The lowest BCUT2D eigenvalue weighted by Gasteiger charge is -2.30. The van der Waals surface area contributed by atoms with Gasteiger partial charge in [0.15, 0.2) is 5.78 Å². The normalized spacial score (nSPS) is 19.4. The van der Waals surface area contributed by atoms with Crippen LogP contribution in [0.1, 0.15) is 36.0 Å². The van der Waals surface area contributed by atoms with Gasteiger partial charge in [-0.15, -0.1) is 0 Å². The van der Waals surface area contributed by atoms with Crippen molar-refractivity contribution in [2.24, 2.45) is 5.92 Å². The highest BCUT2D eigenvalue weighted by Crippen LogP contribution is 2.43. The zero-order valence-electron chi connectivity index (χ0n) is 15.9. The Balaban J connectivity index is 2.07. The van der Waals surface area contributed by atoms with Gasteiger partial charge in [-0.3, -0.25) is 9.59 Å². The third-order valence-electron chi connectivity index (χ3n) is 4.93. The molecule has 0 fully saturated rings. The van der Waals surface area contributed by atoms with E-state index in [0.717, 1.165) is 22.3 Å². The lowest BCUT2D eigenvalue weighted by Crippen LogP contribution is -2.34. The van der Waals surface area contributed by atoms with E-state index >= 15 is 0 Å². The minimum absolute atomic E-state index is 0.216. The summed E-state index contributed by atoms with van der Waals surface area (Å²) in [5, 5.41) is 0. The second kappa shape index (κ2) is 8.21. The smallest absolute Gasteiger partial charge is 0.317 e. The molecule has 2 aromatic carbocycles. The third kappa shape index (κ3) is 3.95. The highest BCUT2D eigenvalue weighted by molar-refractivity contribution is 6.10. The summed E-state index contributed by atoms with van der Waals surface area (Å²) < 4.78 is 10.7. The van der Waals surface area contributed by atoms with E-state index in [-0.39, 0.29) is 18.3 Å². The molecule has 0 unspecified atom stereocenters. The van der Waals surface area contributed by atoms with Gasteiger partial charge in [0.2, 0.25) is 0 Å². The molecule has 4 heteroatoms. The van der Waals surface area contributed by atoms with Crippen LogP contribution in [0.3, 0.4) is 0 Å². The molecule has 4 nitrogen and oxygen atoms in total. The van der Waals surface area contributed by atoms with Crippen LogP contribution in [0.2, 0.25) is 0 Å². The molecule has 140 valence electrons. The van der Waals surface area contributed by atoms with Gasteiger partial charge in [0, 0.05) is 5.92 Å². The van der Waals surface area contributed by atoms with Gasteiger partial charge in [-0.2, -0.15) is 0 Å². The van der Waals surface area contributed by atoms with Crippen molar-refractivity contribution >= 4 is 17.3 Å². The molecular formula is C23H24O4. The van der Waals surface area contributed by atoms with Crippen molar-refractivity contribution in [2.75, 3.05) is 13.7 Å². The second-order valence-electron chi connectivity index (χ2n) is 6.72. The maximum absolute atomic E-state index is 12.9. The first-order valence-electron chi connectivity index (χ1n) is 9.16. The number of carbonyl (C=O) groups excluding carboxylic acids is 2. The number of aryl methyl sites for hydroxylation is 1. The standard InChI is InChI=1S/C23H24O4/c1-4-27-23(25)22-19(18-10-5-6-11-21(18)26-3)13-17(14-20(22)24)16-9-7-8-15(2)12-16/h5-12,14,19,22H,4,13H2,1-3H3/t19-,22+/m1/s1. The lowest BCUT2D eigenvalue weighted by molar-refractivity contribution is -0.151. The Kier molecular flexibility index (Phi) is 5.75. The van der Waals surface area contributed by atoms with E-state index < -0.39 is 11.9 Å². The Labute approximate surface area is 159 Å². The molecule has 0 heterocycles. The first-order chi connectivity index (χ1) is 13.0. The molecule has 1 aliphatic carbocycles. The molecule has 0 amide bonds. The van der Waals surface area contributed by atoms with Crippen LogP contribution in [0, 0.1) is 12.8 Å². The topological polar surface area (TPSA) is 52.6 Å². The molecule has 0 radical (unpaired) electrons. The number of rotatable bonds is 5. The summed E-state index contributed by atoms with van der Waals surface area (Å²) in [6.07, 6.45) is 2.17. The average Bonchev–Trinajstić information content (AvgIpc) is 2.67. The fraction of sp³-hybridized carbons (Fsp3) is 0.304. The van der Waals surface area contributed by atoms with E-state index in [1.54, 1.807) is 20.1 Å². The summed E-state index contributed by atoms with van der Waals surface area (Å²) in [6, 6.07) is 15.6. The molecular weight excluding hydrogens is 340 g/mol. The molecule has 2 aromatic rings. The zero-order valence-corrected chi connectivity index (χ0v) is 15.9. The highest BCUT2D eigenvalue weighted by atomic mass is 16.5. The molecule has 0 saturated heterocycles. The van der Waals surface area contributed by atoms with E-state index in [0.29, 0.717) is 12.2 Å². The molecule has 0 aliphatic heterocycles. The number of ether oxygens (including phenoxy) is 2. The fourth-order valence-electron chi connectivity index (χ4n) is 3.69. The van der Waals surface area contributed by atoms with Gasteiger partial charge in [0.25, 0.3) is 0 Å². The molecule has 27 heavy (non-hydrogen) atoms. The van der Waals surface area contributed by atoms with Crippen LogP contribution < -0.4 is 4.74 Å². The number of benzene rings is 2. The first kappa shape index (κ1) is 18.9. The summed E-state index contributed by atoms with van der Waals surface area (Å²) in [5.41, 5.74) is 3.91. The number of esters is 1. The molecule has 3 rings (SSSR count). The summed E-state index contributed by atoms with van der Waals surface area (Å²) in [5.74, 6) is -1.19. The second-order valence-corrected chi connectivity index (χ2v) is 6.72. The summed E-state index contributed by atoms with van der Waals surface area (Å²) in [4.78, 5) is 25.5. The van der Waals surface area contributed by atoms with Crippen LogP contribution in [0.25, 0.3) is 5.57 Å². The van der Waals surface area contributed by atoms with Crippen molar-refractivity contribution in [3.05, 3.63) is 71.3 Å². The Hall–Kier alpha value is -2.88. The number of para-hydroxylation sites is 1. The fourth-order valence-corrected chi connectivity index (χ4v) is 3.69. The van der Waals surface area contributed by atoms with Crippen LogP contribution in [0.15, 0.2) is 54.6 Å². The maximum atomic E-state index is 12.9. The van der Waals surface area contributed by atoms with Crippen LogP contribution in [0.4, 0.5) is 0 Å². The number of carbonyl (C=O) groups is 2. The minimum atomic E-state index is -0.852. The molecule has 1 aliphatic rings. The van der Waals surface area contributed by atoms with Crippen LogP contribution in [-0.4, -0.2) is 25.5 Å². The monoisotopic (exact) mass is 364 g/mol. The van der Waals surface area contributed by atoms with E-state index in [1.807, 2.05) is 49.4 Å². The molecule has 0 bridgehead atoms. The predicted molar refractivity (Wildman–Crippen MR) is 105 cm³/mol. The van der Waals surface area contributed by atoms with E-state index in [9.17, 15) is 9.59 Å². The van der Waals surface area contributed by atoms with Crippen molar-refractivity contribution in [2.45, 2.75) is 26.2 Å². The lowest BCUT2D eigenvalue weighted by atomic mass is 9.73. The van der Waals surface area contributed by atoms with Crippen LogP contribution >= 0.6 is 0 Å². The van der Waals surface area contributed by atoms with Gasteiger partial charge in [0.1, 0.15) is 11.7 Å². The number of hydrogen-bond donors (Lipinski definition) is 0. The zero-order chi connectivity index (χ0) is 19.4. The quantitative estimate of drug-likeness (QED) is 0.586. The van der Waals surface area contributed by atoms with Crippen molar-refractivity contribution in [1.29, 1.82) is 0 Å². The number of allylic oxidation sites excluding steroid dienone is 2. The Bertz CT molecular complexity index is 881. The summed E-state index contributed by atoms with van der Waals surface area (Å²) in [7, 11) is 1.60. The van der Waals surface area contributed by atoms with Crippen LogP contribution in [-0.2, 0) is 14.3 Å². The molecule has 0 saturated carbocycles. The van der Waals surface area contributed by atoms with E-state index in [4.69, 9.17) is 9.47 Å². The van der Waals surface area contributed by atoms with Gasteiger partial charge in [-0.05, 0) is 49.1 Å². The Morgan fingerprint density at radius 3 is 2.63 bits per heavy atom. The number of ketones is 1. The Morgan fingerprint density at radius 2 is 1.93 bits per heavy atom. The molecule has 2 atom stereocenters. The van der Waals surface area contributed by atoms with Crippen molar-refractivity contribution in [3.63, 3.8) is 0 Å². The largest absolute Gasteiger partial charge is 0.496 e. The number of methoxy groups -OCH3 is 1. The van der Waals surface area contributed by atoms with Crippen molar-refractivity contribution in [3.8, 4) is 5.75 Å². The predicted octanol–water partition coefficient (Wildman–Crippen LogP) is 4.32. The molecule has 0 aromatic heterocycles. The molecule has 0 N–H and O–H groups in total. The maximum Gasteiger partial charge on any atom is 0.317 e. The van der Waals surface area contributed by atoms with Gasteiger partial charge in [-0.25, -0.2) is 0 Å². The average molecular weight is 364 g/mol.